The Morgan fingerprint density at radius 2 is 2.17 bits per heavy atom. The normalized spacial score (nSPS) is 19.8. The fourth-order valence-electron chi connectivity index (χ4n) is 3.51. The maximum Gasteiger partial charge on any atom is 0.211 e. The molecular weight excluding hydrogens is 462 g/mol. The first-order valence-corrected chi connectivity index (χ1v) is 11.9. The van der Waals surface area contributed by atoms with Gasteiger partial charge >= 0.3 is 0 Å². The van der Waals surface area contributed by atoms with E-state index in [1.165, 1.54) is 22.5 Å². The molecule has 2 aliphatic rings. The van der Waals surface area contributed by atoms with Crippen molar-refractivity contribution in [1.29, 1.82) is 5.26 Å². The molecule has 11 heteroatoms. The third-order valence-corrected chi connectivity index (χ3v) is 7.77. The minimum Gasteiger partial charge on any atom is -0.346 e. The van der Waals surface area contributed by atoms with Crippen LogP contribution in [0.15, 0.2) is 53.3 Å². The van der Waals surface area contributed by atoms with Crippen molar-refractivity contribution >= 4 is 63.7 Å². The van der Waals surface area contributed by atoms with Gasteiger partial charge in [0.2, 0.25) is 10.0 Å². The summed E-state index contributed by atoms with van der Waals surface area (Å²) in [5.41, 5.74) is 2.45. The van der Waals surface area contributed by atoms with Crippen LogP contribution in [-0.2, 0) is 10.0 Å². The molecule has 0 unspecified atom stereocenters. The van der Waals surface area contributed by atoms with Gasteiger partial charge in [0.15, 0.2) is 0 Å². The number of nitriles is 1. The predicted molar refractivity (Wildman–Crippen MR) is 127 cm³/mol. The monoisotopic (exact) mass is 481 g/mol. The van der Waals surface area contributed by atoms with Crippen molar-refractivity contribution in [3.63, 3.8) is 0 Å². The van der Waals surface area contributed by atoms with Gasteiger partial charge in [0.25, 0.3) is 0 Å². The highest BCUT2D eigenvalue weighted by atomic mass is 35.5. The van der Waals surface area contributed by atoms with Gasteiger partial charge in [0, 0.05) is 36.6 Å². The fourth-order valence-corrected chi connectivity index (χ4v) is 5.72. The summed E-state index contributed by atoms with van der Waals surface area (Å²) >= 11 is 7.78. The summed E-state index contributed by atoms with van der Waals surface area (Å²) in [4.78, 5) is 4.34. The van der Waals surface area contributed by atoms with Crippen LogP contribution in [0.25, 0.3) is 10.9 Å². The number of aromatic nitrogens is 1. The molecule has 0 bridgehead atoms. The number of fused-ring (bicyclic) bond motifs is 1. The van der Waals surface area contributed by atoms with Gasteiger partial charge in [-0.05, 0) is 30.7 Å². The quantitative estimate of drug-likeness (QED) is 0.666. The number of halogens is 1. The lowest BCUT2D eigenvalue weighted by Gasteiger charge is -2.25. The lowest BCUT2D eigenvalue weighted by molar-refractivity contribution is 0.420. The van der Waals surface area contributed by atoms with Gasteiger partial charge in [0.05, 0.1) is 34.2 Å². The zero-order chi connectivity index (χ0) is 20.8. The van der Waals surface area contributed by atoms with Crippen LogP contribution < -0.4 is 5.32 Å². The summed E-state index contributed by atoms with van der Waals surface area (Å²) in [7, 11) is -3.24. The minimum absolute atomic E-state index is 0. The molecule has 1 saturated heterocycles. The molecule has 0 aliphatic carbocycles. The number of nitrogens with zero attached hydrogens (tertiary/aromatic N) is 4. The molecule has 158 valence electrons. The molecule has 2 aromatic rings. The van der Waals surface area contributed by atoms with Crippen LogP contribution in [0.5, 0.6) is 0 Å². The summed E-state index contributed by atoms with van der Waals surface area (Å²) in [5.74, 6) is 0. The zero-order valence-corrected chi connectivity index (χ0v) is 19.5. The molecule has 7 nitrogen and oxygen atoms in total. The van der Waals surface area contributed by atoms with Gasteiger partial charge < -0.3 is 9.62 Å². The molecule has 1 aromatic heterocycles. The Bertz CT molecular complexity index is 1190. The molecule has 0 amide bonds. The van der Waals surface area contributed by atoms with Crippen molar-refractivity contribution in [2.45, 2.75) is 12.5 Å². The number of sulfonamides is 1. The Balaban J connectivity index is 0.00000256. The van der Waals surface area contributed by atoms with Gasteiger partial charge in [0.1, 0.15) is 16.7 Å². The number of benzene rings is 1. The molecule has 2 aliphatic heterocycles. The smallest absolute Gasteiger partial charge is 0.211 e. The van der Waals surface area contributed by atoms with Crippen LogP contribution in [0.1, 0.15) is 6.42 Å². The van der Waals surface area contributed by atoms with E-state index in [4.69, 9.17) is 11.6 Å². The topological polar surface area (TPSA) is 89.3 Å². The highest BCUT2D eigenvalue weighted by molar-refractivity contribution is 8.01. The molecule has 0 radical (unpaired) electrons. The Morgan fingerprint density at radius 1 is 1.40 bits per heavy atom. The number of nitrogens with one attached hydrogen (secondary N) is 1. The molecule has 1 fully saturated rings. The number of pyridine rings is 1. The van der Waals surface area contributed by atoms with E-state index in [0.717, 1.165) is 10.9 Å². The summed E-state index contributed by atoms with van der Waals surface area (Å²) < 4.78 is 27.1. The first-order chi connectivity index (χ1) is 13.8. The van der Waals surface area contributed by atoms with Crippen molar-refractivity contribution in [2.75, 3.05) is 24.7 Å². The van der Waals surface area contributed by atoms with E-state index in [9.17, 15) is 13.7 Å². The second-order valence-electron chi connectivity index (χ2n) is 6.86. The highest BCUT2D eigenvalue weighted by Gasteiger charge is 2.38. The van der Waals surface area contributed by atoms with Gasteiger partial charge in [-0.1, -0.05) is 18.2 Å². The molecule has 4 rings (SSSR count). The van der Waals surface area contributed by atoms with Crippen molar-refractivity contribution in [3.05, 3.63) is 58.4 Å². The number of allylic oxidation sites excluding steroid dienone is 1. The summed E-state index contributed by atoms with van der Waals surface area (Å²) in [6.07, 6.45) is 3.59. The van der Waals surface area contributed by atoms with Crippen LogP contribution >= 0.6 is 37.0 Å². The average Bonchev–Trinajstić information content (AvgIpc) is 3.29. The Morgan fingerprint density at radius 3 is 2.83 bits per heavy atom. The van der Waals surface area contributed by atoms with Crippen LogP contribution in [-0.4, -0.2) is 47.4 Å². The van der Waals surface area contributed by atoms with Crippen molar-refractivity contribution in [1.82, 2.24) is 13.6 Å². The van der Waals surface area contributed by atoms with Crippen LogP contribution in [0.3, 0.4) is 0 Å². The number of hydrogen-bond donors (Lipinski definition) is 1. The van der Waals surface area contributed by atoms with Crippen LogP contribution in [0, 0.1) is 11.3 Å². The predicted octanol–water partition coefficient (Wildman–Crippen LogP) is 3.66. The Labute approximate surface area is 192 Å². The SMILES string of the molecule is C=C1C(C#N)=C(Nc2c(Cl)ccc3ncccc23)SN1[C@H]1CCN(S(C)(=O)=O)C1.S. The van der Waals surface area contributed by atoms with Gasteiger partial charge in [-0.3, -0.25) is 4.98 Å². The summed E-state index contributed by atoms with van der Waals surface area (Å²) in [5, 5.41) is 15.0. The number of hydrogen-bond acceptors (Lipinski definition) is 7. The van der Waals surface area contributed by atoms with E-state index in [2.05, 4.69) is 22.9 Å². The zero-order valence-electron chi connectivity index (χ0n) is 16.1. The van der Waals surface area contributed by atoms with E-state index in [0.29, 0.717) is 46.5 Å². The van der Waals surface area contributed by atoms with Crippen LogP contribution in [0.4, 0.5) is 5.69 Å². The number of anilines is 1. The Kier molecular flexibility index (Phi) is 6.60. The van der Waals surface area contributed by atoms with Crippen LogP contribution in [0.2, 0.25) is 5.02 Å². The van der Waals surface area contributed by atoms with E-state index >= 15 is 0 Å². The third-order valence-electron chi connectivity index (χ3n) is 4.98. The van der Waals surface area contributed by atoms with Crippen molar-refractivity contribution in [2.24, 2.45) is 0 Å². The first kappa shape index (κ1) is 22.8. The minimum atomic E-state index is -3.24. The van der Waals surface area contributed by atoms with Crippen molar-refractivity contribution < 1.29 is 8.42 Å². The van der Waals surface area contributed by atoms with Gasteiger partial charge in [-0.2, -0.15) is 23.1 Å². The maximum absolute atomic E-state index is 11.8. The Hall–Kier alpha value is -1.90. The lowest BCUT2D eigenvalue weighted by Crippen LogP contribution is -2.33. The molecule has 1 N–H and O–H groups in total. The first-order valence-electron chi connectivity index (χ1n) is 8.86. The van der Waals surface area contributed by atoms with E-state index < -0.39 is 10.0 Å². The van der Waals surface area contributed by atoms with Crippen molar-refractivity contribution in [3.8, 4) is 6.07 Å². The molecule has 3 heterocycles. The average molecular weight is 482 g/mol. The summed E-state index contributed by atoms with van der Waals surface area (Å²) in [6, 6.07) is 9.50. The summed E-state index contributed by atoms with van der Waals surface area (Å²) in [6.45, 7) is 4.90. The molecule has 0 saturated carbocycles. The fraction of sp³-hybridized carbons (Fsp3) is 0.263. The maximum atomic E-state index is 11.8. The van der Waals surface area contributed by atoms with Gasteiger partial charge in [-0.15, -0.1) is 0 Å². The van der Waals surface area contributed by atoms with E-state index in [1.807, 2.05) is 22.5 Å². The standard InChI is InChI=1S/C19H18ClN5O2S2.H2S/c1-12-15(10-21)19(28-25(12)13-7-9-24(11-13)29(2,26)27)23-18-14-4-3-8-22-17(14)6-5-16(18)20;/h3-6,8,13,23H,1,7,9,11H2,2H3;1H2/t13-;/m0./s1. The molecule has 0 spiro atoms. The second-order valence-corrected chi connectivity index (χ2v) is 10.2. The largest absolute Gasteiger partial charge is 0.346 e. The molecular formula is C19H20ClN5O2S3. The highest BCUT2D eigenvalue weighted by Crippen LogP contribution is 2.44. The second kappa shape index (κ2) is 8.69. The van der Waals surface area contributed by atoms with E-state index in [1.54, 1.807) is 12.3 Å². The lowest BCUT2D eigenvalue weighted by atomic mass is 10.1. The molecule has 1 atom stereocenters. The van der Waals surface area contributed by atoms with Gasteiger partial charge in [-0.25, -0.2) is 8.42 Å². The number of rotatable bonds is 4. The molecule has 30 heavy (non-hydrogen) atoms. The van der Waals surface area contributed by atoms with E-state index in [-0.39, 0.29) is 19.5 Å². The third kappa shape index (κ3) is 4.13. The molecule has 1 aromatic carbocycles.